The Morgan fingerprint density at radius 1 is 1.10 bits per heavy atom. The van der Waals surface area contributed by atoms with Gasteiger partial charge in [0.15, 0.2) is 10.7 Å². The van der Waals surface area contributed by atoms with Crippen LogP contribution in [-0.4, -0.2) is 66.3 Å². The zero-order valence-corrected chi connectivity index (χ0v) is 16.9. The number of carbonyl (C=O) groups excluding carboxylic acids is 1. The Morgan fingerprint density at radius 3 is 2.70 bits per heavy atom. The van der Waals surface area contributed by atoms with Gasteiger partial charge in [-0.3, -0.25) is 18.9 Å². The molecule has 9 nitrogen and oxygen atoms in total. The lowest BCUT2D eigenvalue weighted by atomic mass is 10.2. The van der Waals surface area contributed by atoms with E-state index >= 15 is 0 Å². The summed E-state index contributed by atoms with van der Waals surface area (Å²) in [6, 6.07) is 11.1. The van der Waals surface area contributed by atoms with Crippen molar-refractivity contribution in [3.8, 4) is 5.69 Å². The van der Waals surface area contributed by atoms with E-state index in [1.54, 1.807) is 21.6 Å². The van der Waals surface area contributed by atoms with Crippen LogP contribution in [0.1, 0.15) is 16.2 Å². The van der Waals surface area contributed by atoms with Crippen molar-refractivity contribution in [3.63, 3.8) is 0 Å². The summed E-state index contributed by atoms with van der Waals surface area (Å²) in [5.41, 5.74) is 1.84. The van der Waals surface area contributed by atoms with Gasteiger partial charge in [0.2, 0.25) is 0 Å². The van der Waals surface area contributed by atoms with Crippen molar-refractivity contribution in [2.24, 2.45) is 0 Å². The van der Waals surface area contributed by atoms with Gasteiger partial charge in [0.05, 0.1) is 17.6 Å². The van der Waals surface area contributed by atoms with E-state index in [0.29, 0.717) is 43.4 Å². The van der Waals surface area contributed by atoms with E-state index in [0.717, 1.165) is 11.4 Å². The van der Waals surface area contributed by atoms with Gasteiger partial charge in [0.25, 0.3) is 11.5 Å². The lowest BCUT2D eigenvalue weighted by molar-refractivity contribution is 0.0621. The van der Waals surface area contributed by atoms with Gasteiger partial charge in [-0.1, -0.05) is 18.2 Å². The Morgan fingerprint density at radius 2 is 1.90 bits per heavy atom. The molecule has 0 saturated carbocycles. The van der Waals surface area contributed by atoms with Gasteiger partial charge in [0.1, 0.15) is 0 Å². The van der Waals surface area contributed by atoms with Gasteiger partial charge < -0.3 is 4.90 Å². The number of carbonyl (C=O) groups is 1. The molecule has 0 unspecified atom stereocenters. The quantitative estimate of drug-likeness (QED) is 0.494. The number of hydrogen-bond acceptors (Lipinski definition) is 7. The fraction of sp³-hybridized carbons (Fsp3) is 0.250. The normalized spacial score (nSPS) is 15.0. The number of para-hydroxylation sites is 1. The van der Waals surface area contributed by atoms with Crippen LogP contribution >= 0.6 is 11.3 Å². The van der Waals surface area contributed by atoms with Gasteiger partial charge in [-0.15, -0.1) is 16.4 Å². The van der Waals surface area contributed by atoms with Crippen molar-refractivity contribution in [1.82, 2.24) is 34.2 Å². The molecule has 30 heavy (non-hydrogen) atoms. The highest BCUT2D eigenvalue weighted by Crippen LogP contribution is 2.12. The second-order valence-electron chi connectivity index (χ2n) is 7.06. The predicted octanol–water partition coefficient (Wildman–Crippen LogP) is 1.29. The zero-order valence-electron chi connectivity index (χ0n) is 16.1. The molecule has 5 rings (SSSR count). The van der Waals surface area contributed by atoms with Crippen molar-refractivity contribution in [2.75, 3.05) is 26.2 Å². The van der Waals surface area contributed by atoms with Crippen LogP contribution in [0.3, 0.4) is 0 Å². The van der Waals surface area contributed by atoms with E-state index in [9.17, 15) is 9.59 Å². The summed E-state index contributed by atoms with van der Waals surface area (Å²) >= 11 is 1.45. The van der Waals surface area contributed by atoms with Crippen molar-refractivity contribution in [2.45, 2.75) is 6.54 Å². The van der Waals surface area contributed by atoms with Crippen LogP contribution in [0.2, 0.25) is 0 Å². The van der Waals surface area contributed by atoms with E-state index in [1.165, 1.54) is 22.3 Å². The predicted molar refractivity (Wildman–Crippen MR) is 112 cm³/mol. The van der Waals surface area contributed by atoms with Crippen LogP contribution in [0.4, 0.5) is 0 Å². The van der Waals surface area contributed by atoms with Crippen LogP contribution in [0.15, 0.2) is 59.0 Å². The molecule has 1 fully saturated rings. The smallest absolute Gasteiger partial charge is 0.276 e. The number of piperazine rings is 1. The molecule has 10 heteroatoms. The Labute approximate surface area is 175 Å². The Kier molecular flexibility index (Phi) is 4.85. The van der Waals surface area contributed by atoms with Crippen LogP contribution < -0.4 is 5.56 Å². The van der Waals surface area contributed by atoms with E-state index in [4.69, 9.17) is 0 Å². The summed E-state index contributed by atoms with van der Waals surface area (Å²) in [5.74, 6) is -0.117. The standard InChI is InChI=1S/C20H19N7O2S/c28-18-12-15(22-20-26(18)10-11-30-20)14-24-6-8-25(9-7-24)19(29)17-13-21-27(23-17)16-4-2-1-3-5-16/h1-5,10-13H,6-9,14H2. The van der Waals surface area contributed by atoms with Gasteiger partial charge in [-0.2, -0.15) is 9.90 Å². The average molecular weight is 421 g/mol. The first-order valence-corrected chi connectivity index (χ1v) is 10.5. The average Bonchev–Trinajstić information content (AvgIpc) is 3.45. The second-order valence-corrected chi connectivity index (χ2v) is 7.94. The zero-order chi connectivity index (χ0) is 20.5. The molecule has 4 heterocycles. The summed E-state index contributed by atoms with van der Waals surface area (Å²) in [7, 11) is 0. The number of amides is 1. The minimum absolute atomic E-state index is 0.0634. The Balaban J connectivity index is 1.22. The first-order chi connectivity index (χ1) is 14.7. The topological polar surface area (TPSA) is 88.6 Å². The lowest BCUT2D eigenvalue weighted by Gasteiger charge is -2.34. The van der Waals surface area contributed by atoms with Crippen LogP contribution in [0.25, 0.3) is 10.6 Å². The van der Waals surface area contributed by atoms with Crippen molar-refractivity contribution in [1.29, 1.82) is 0 Å². The summed E-state index contributed by atoms with van der Waals surface area (Å²) in [5, 5.41) is 10.4. The van der Waals surface area contributed by atoms with E-state index < -0.39 is 0 Å². The molecule has 1 aliphatic heterocycles. The summed E-state index contributed by atoms with van der Waals surface area (Å²) in [4.78, 5) is 35.7. The van der Waals surface area contributed by atoms with Gasteiger partial charge in [-0.25, -0.2) is 4.98 Å². The number of benzene rings is 1. The number of fused-ring (bicyclic) bond motifs is 1. The van der Waals surface area contributed by atoms with E-state index in [2.05, 4.69) is 20.1 Å². The van der Waals surface area contributed by atoms with Crippen molar-refractivity contribution in [3.05, 3.63) is 75.9 Å². The molecule has 0 bridgehead atoms. The van der Waals surface area contributed by atoms with Crippen molar-refractivity contribution < 1.29 is 4.79 Å². The fourth-order valence-corrected chi connectivity index (χ4v) is 4.25. The first kappa shape index (κ1) is 18.6. The molecule has 0 aliphatic carbocycles. The second kappa shape index (κ2) is 7.81. The maximum absolute atomic E-state index is 12.8. The third-order valence-electron chi connectivity index (χ3n) is 5.10. The Bertz CT molecular complexity index is 1240. The minimum Gasteiger partial charge on any atom is -0.335 e. The number of nitrogens with zero attached hydrogens (tertiary/aromatic N) is 7. The molecule has 1 aliphatic rings. The monoisotopic (exact) mass is 421 g/mol. The molecule has 152 valence electrons. The molecule has 1 amide bonds. The largest absolute Gasteiger partial charge is 0.335 e. The first-order valence-electron chi connectivity index (χ1n) is 9.62. The molecule has 0 spiro atoms. The molecule has 0 N–H and O–H groups in total. The minimum atomic E-state index is -0.117. The molecular formula is C20H19N7O2S. The van der Waals surface area contributed by atoms with E-state index in [1.807, 2.05) is 35.7 Å². The van der Waals surface area contributed by atoms with Gasteiger partial charge in [0, 0.05) is 50.4 Å². The summed E-state index contributed by atoms with van der Waals surface area (Å²) < 4.78 is 1.55. The Hall–Kier alpha value is -3.37. The number of hydrogen-bond donors (Lipinski definition) is 0. The highest BCUT2D eigenvalue weighted by molar-refractivity contribution is 7.15. The third-order valence-corrected chi connectivity index (χ3v) is 5.86. The third kappa shape index (κ3) is 3.62. The molecule has 4 aromatic rings. The maximum atomic E-state index is 12.8. The fourth-order valence-electron chi connectivity index (χ4n) is 3.52. The van der Waals surface area contributed by atoms with Crippen LogP contribution in [-0.2, 0) is 6.54 Å². The molecule has 0 atom stereocenters. The number of thiazole rings is 1. The number of aromatic nitrogens is 5. The maximum Gasteiger partial charge on any atom is 0.276 e. The van der Waals surface area contributed by atoms with Crippen molar-refractivity contribution >= 4 is 22.2 Å². The van der Waals surface area contributed by atoms with Crippen LogP contribution in [0.5, 0.6) is 0 Å². The highest BCUT2D eigenvalue weighted by atomic mass is 32.1. The summed E-state index contributed by atoms with van der Waals surface area (Å²) in [6.07, 6.45) is 3.24. The molecule has 3 aromatic heterocycles. The van der Waals surface area contributed by atoms with Gasteiger partial charge >= 0.3 is 0 Å². The molecule has 1 aromatic carbocycles. The SMILES string of the molecule is O=C(c1cnn(-c2ccccc2)n1)N1CCN(Cc2cc(=O)n3ccsc3n2)CC1. The molecule has 1 saturated heterocycles. The highest BCUT2D eigenvalue weighted by Gasteiger charge is 2.24. The number of rotatable bonds is 4. The van der Waals surface area contributed by atoms with Crippen LogP contribution in [0, 0.1) is 0 Å². The van der Waals surface area contributed by atoms with Gasteiger partial charge in [-0.05, 0) is 12.1 Å². The molecule has 0 radical (unpaired) electrons. The molecular weight excluding hydrogens is 402 g/mol. The summed E-state index contributed by atoms with van der Waals surface area (Å²) in [6.45, 7) is 3.21. The lowest BCUT2D eigenvalue weighted by Crippen LogP contribution is -2.48. The van der Waals surface area contributed by atoms with E-state index in [-0.39, 0.29) is 11.5 Å².